The highest BCUT2D eigenvalue weighted by Crippen LogP contribution is 2.44. The minimum Gasteiger partial charge on any atom is -0.300 e. The molecule has 0 unspecified atom stereocenters. The SMILES string of the molecule is C1=CCN2SC2=C1. The van der Waals surface area contributed by atoms with E-state index in [-0.39, 0.29) is 0 Å². The molecule has 2 aliphatic rings. The van der Waals surface area contributed by atoms with Crippen LogP contribution in [-0.2, 0) is 0 Å². The van der Waals surface area contributed by atoms with E-state index >= 15 is 0 Å². The van der Waals surface area contributed by atoms with Crippen LogP contribution in [0, 0.1) is 0 Å². The average molecular weight is 111 g/mol. The van der Waals surface area contributed by atoms with E-state index in [1.54, 1.807) is 0 Å². The van der Waals surface area contributed by atoms with E-state index in [4.69, 9.17) is 0 Å². The lowest BCUT2D eigenvalue weighted by Crippen LogP contribution is -1.92. The van der Waals surface area contributed by atoms with Gasteiger partial charge in [-0.3, -0.25) is 4.31 Å². The van der Waals surface area contributed by atoms with Crippen molar-refractivity contribution in [2.45, 2.75) is 0 Å². The first-order valence-corrected chi connectivity index (χ1v) is 3.06. The maximum Gasteiger partial charge on any atom is 0.102 e. The summed E-state index contributed by atoms with van der Waals surface area (Å²) in [6.45, 7) is 1.11. The van der Waals surface area contributed by atoms with E-state index < -0.39 is 0 Å². The maximum absolute atomic E-state index is 2.25. The first-order valence-electron chi connectivity index (χ1n) is 2.29. The molecule has 0 aromatic heterocycles. The lowest BCUT2D eigenvalue weighted by molar-refractivity contribution is 0.754. The Labute approximate surface area is 46.8 Å². The zero-order chi connectivity index (χ0) is 4.69. The molecule has 0 aliphatic carbocycles. The highest BCUT2D eigenvalue weighted by atomic mass is 32.2. The van der Waals surface area contributed by atoms with Gasteiger partial charge in [0.2, 0.25) is 0 Å². The van der Waals surface area contributed by atoms with E-state index in [1.165, 1.54) is 5.03 Å². The highest BCUT2D eigenvalue weighted by Gasteiger charge is 2.26. The molecule has 0 bridgehead atoms. The van der Waals surface area contributed by atoms with Crippen molar-refractivity contribution in [2.75, 3.05) is 6.54 Å². The van der Waals surface area contributed by atoms with Crippen LogP contribution in [0.15, 0.2) is 23.3 Å². The van der Waals surface area contributed by atoms with Gasteiger partial charge in [-0.1, -0.05) is 12.2 Å². The van der Waals surface area contributed by atoms with Crippen molar-refractivity contribution in [3.05, 3.63) is 23.3 Å². The van der Waals surface area contributed by atoms with Crippen molar-refractivity contribution in [1.82, 2.24) is 4.31 Å². The third kappa shape index (κ3) is 0.465. The van der Waals surface area contributed by atoms with Crippen molar-refractivity contribution >= 4 is 11.9 Å². The van der Waals surface area contributed by atoms with E-state index in [2.05, 4.69) is 22.5 Å². The largest absolute Gasteiger partial charge is 0.300 e. The van der Waals surface area contributed by atoms with Crippen molar-refractivity contribution in [3.8, 4) is 0 Å². The quantitative estimate of drug-likeness (QED) is 0.343. The van der Waals surface area contributed by atoms with Gasteiger partial charge in [-0.15, -0.1) is 0 Å². The Morgan fingerprint density at radius 1 is 1.71 bits per heavy atom. The lowest BCUT2D eigenvalue weighted by atomic mass is 10.4. The fourth-order valence-electron chi connectivity index (χ4n) is 0.640. The van der Waals surface area contributed by atoms with Gasteiger partial charge in [0.25, 0.3) is 0 Å². The zero-order valence-corrected chi connectivity index (χ0v) is 4.61. The second-order valence-electron chi connectivity index (χ2n) is 1.59. The number of rotatable bonds is 0. The Hall–Kier alpha value is -0.370. The summed E-state index contributed by atoms with van der Waals surface area (Å²) >= 11 is 1.83. The molecule has 2 heterocycles. The molecule has 0 N–H and O–H groups in total. The minimum atomic E-state index is 1.11. The van der Waals surface area contributed by atoms with Crippen LogP contribution >= 0.6 is 11.9 Å². The lowest BCUT2D eigenvalue weighted by Gasteiger charge is -1.91. The number of hydrogen-bond donors (Lipinski definition) is 0. The molecule has 1 saturated heterocycles. The molecule has 2 aliphatic heterocycles. The summed E-state index contributed by atoms with van der Waals surface area (Å²) in [5, 5.41) is 1.42. The van der Waals surface area contributed by atoms with Gasteiger partial charge in [0.15, 0.2) is 0 Å². The van der Waals surface area contributed by atoms with Gasteiger partial charge in [-0.2, -0.15) is 0 Å². The van der Waals surface area contributed by atoms with Gasteiger partial charge in [-0.25, -0.2) is 0 Å². The van der Waals surface area contributed by atoms with Crippen molar-refractivity contribution < 1.29 is 0 Å². The van der Waals surface area contributed by atoms with Gasteiger partial charge < -0.3 is 0 Å². The molecule has 36 valence electrons. The van der Waals surface area contributed by atoms with E-state index in [0.29, 0.717) is 0 Å². The molecule has 0 atom stereocenters. The first kappa shape index (κ1) is 3.61. The zero-order valence-electron chi connectivity index (χ0n) is 3.79. The summed E-state index contributed by atoms with van der Waals surface area (Å²) in [4.78, 5) is 0. The van der Waals surface area contributed by atoms with Crippen LogP contribution in [0.2, 0.25) is 0 Å². The highest BCUT2D eigenvalue weighted by molar-refractivity contribution is 8.07. The number of allylic oxidation sites excluding steroid dienone is 2. The average Bonchev–Trinajstić information content (AvgIpc) is 2.41. The van der Waals surface area contributed by atoms with Gasteiger partial charge in [0.1, 0.15) is 5.03 Å². The summed E-state index contributed by atoms with van der Waals surface area (Å²) in [6, 6.07) is 0. The standard InChI is InChI=1S/C5H5NS/c1-2-4-6-5(3-1)7-6/h1-3H,4H2. The van der Waals surface area contributed by atoms with Crippen LogP contribution in [0.1, 0.15) is 0 Å². The normalized spacial score (nSPS) is 24.0. The topological polar surface area (TPSA) is 3.01 Å². The van der Waals surface area contributed by atoms with Crippen LogP contribution < -0.4 is 0 Å². The first-order chi connectivity index (χ1) is 3.47. The Bertz CT molecular complexity index is 148. The molecular weight excluding hydrogens is 106 g/mol. The van der Waals surface area contributed by atoms with E-state index in [0.717, 1.165) is 6.54 Å². The van der Waals surface area contributed by atoms with Crippen LogP contribution in [-0.4, -0.2) is 10.8 Å². The molecule has 2 heteroatoms. The Balaban J connectivity index is 2.31. The summed E-state index contributed by atoms with van der Waals surface area (Å²) in [6.07, 6.45) is 6.39. The Morgan fingerprint density at radius 2 is 2.71 bits per heavy atom. The molecule has 0 spiro atoms. The molecule has 2 rings (SSSR count). The van der Waals surface area contributed by atoms with Gasteiger partial charge in [0, 0.05) is 18.5 Å². The monoisotopic (exact) mass is 111 g/mol. The smallest absolute Gasteiger partial charge is 0.102 e. The number of hydrogen-bond acceptors (Lipinski definition) is 2. The number of nitrogens with zero attached hydrogens (tertiary/aromatic N) is 1. The molecule has 0 radical (unpaired) electrons. The van der Waals surface area contributed by atoms with Crippen molar-refractivity contribution in [3.63, 3.8) is 0 Å². The van der Waals surface area contributed by atoms with Gasteiger partial charge in [0.05, 0.1) is 0 Å². The molecule has 0 aromatic carbocycles. The summed E-state index contributed by atoms with van der Waals surface area (Å²) in [7, 11) is 0. The van der Waals surface area contributed by atoms with Crippen LogP contribution in [0.5, 0.6) is 0 Å². The van der Waals surface area contributed by atoms with Crippen molar-refractivity contribution in [2.24, 2.45) is 0 Å². The Kier molecular flexibility index (Phi) is 0.551. The molecule has 0 amide bonds. The van der Waals surface area contributed by atoms with Gasteiger partial charge >= 0.3 is 0 Å². The Morgan fingerprint density at radius 3 is 3.29 bits per heavy atom. The van der Waals surface area contributed by atoms with Gasteiger partial charge in [-0.05, 0) is 6.08 Å². The third-order valence-corrected chi connectivity index (χ3v) is 2.00. The van der Waals surface area contributed by atoms with E-state index in [9.17, 15) is 0 Å². The number of fused-ring (bicyclic) bond motifs is 1. The molecule has 1 nitrogen and oxygen atoms in total. The molecule has 1 fully saturated rings. The summed E-state index contributed by atoms with van der Waals surface area (Å²) in [5.41, 5.74) is 0. The molecule has 0 saturated carbocycles. The predicted molar refractivity (Wildman–Crippen MR) is 31.5 cm³/mol. The third-order valence-electron chi connectivity index (χ3n) is 1.06. The predicted octanol–water partition coefficient (Wildman–Crippen LogP) is 1.36. The van der Waals surface area contributed by atoms with Crippen LogP contribution in [0.4, 0.5) is 0 Å². The fourth-order valence-corrected chi connectivity index (χ4v) is 1.26. The minimum absolute atomic E-state index is 1.11. The second-order valence-corrected chi connectivity index (χ2v) is 2.63. The van der Waals surface area contributed by atoms with Crippen molar-refractivity contribution in [1.29, 1.82) is 0 Å². The molecule has 0 aromatic rings. The maximum atomic E-state index is 2.25. The summed E-state index contributed by atoms with van der Waals surface area (Å²) < 4.78 is 2.25. The summed E-state index contributed by atoms with van der Waals surface area (Å²) in [5.74, 6) is 0. The molecular formula is C5H5NS. The fraction of sp³-hybridized carbons (Fsp3) is 0.200. The van der Waals surface area contributed by atoms with E-state index in [1.807, 2.05) is 11.9 Å². The second kappa shape index (κ2) is 1.07. The van der Waals surface area contributed by atoms with Crippen LogP contribution in [0.25, 0.3) is 0 Å². The van der Waals surface area contributed by atoms with Crippen LogP contribution in [0.3, 0.4) is 0 Å². The molecule has 7 heavy (non-hydrogen) atoms.